The molecule has 54 heteroatoms. The van der Waals surface area contributed by atoms with Crippen molar-refractivity contribution < 1.29 is 132 Å². The molecule has 17 amide bonds. The molecule has 18 atom stereocenters. The van der Waals surface area contributed by atoms with Gasteiger partial charge < -0.3 is 166 Å². The van der Waals surface area contributed by atoms with Crippen LogP contribution in [0.4, 0.5) is 0 Å². The van der Waals surface area contributed by atoms with E-state index in [1.807, 2.05) is 0 Å². The molecular weight excluding hydrogens is 1820 g/mol. The van der Waals surface area contributed by atoms with E-state index in [0.717, 1.165) is 32.9 Å². The Morgan fingerprint density at radius 3 is 1.20 bits per heavy atom. The number of rotatable bonds is 64. The molecule has 18 unspecified atom stereocenters. The average Bonchev–Trinajstić information content (AvgIpc) is 0.924. The minimum absolute atomic E-state index is 0.0213. The lowest BCUT2D eigenvalue weighted by Crippen LogP contribution is -2.63. The van der Waals surface area contributed by atoms with Crippen LogP contribution >= 0.6 is 0 Å². The summed E-state index contributed by atoms with van der Waals surface area (Å²) in [6.07, 6.45) is -7.02. The second kappa shape index (κ2) is 59.8. The number of carboxylic acid groups (broad SMARTS) is 3. The van der Waals surface area contributed by atoms with Crippen molar-refractivity contribution >= 4 is 130 Å². The molecule has 1 heterocycles. The molecule has 0 saturated heterocycles. The van der Waals surface area contributed by atoms with E-state index in [9.17, 15) is 132 Å². The lowest BCUT2D eigenvalue weighted by atomic mass is 10.00. The van der Waals surface area contributed by atoms with Crippen molar-refractivity contribution in [2.45, 2.75) is 260 Å². The average molecular weight is 1950 g/mol. The van der Waals surface area contributed by atoms with Crippen LogP contribution in [0.15, 0.2) is 67.1 Å². The van der Waals surface area contributed by atoms with E-state index in [1.54, 1.807) is 32.0 Å². The molecule has 3 aromatic rings. The fraction of sp³-hybridized carbons (Fsp3) is 0.560. The van der Waals surface area contributed by atoms with Gasteiger partial charge in [0.15, 0.2) is 11.9 Å². The molecule has 3 rings (SSSR count). The van der Waals surface area contributed by atoms with Gasteiger partial charge in [-0.15, -0.1) is 0 Å². The van der Waals surface area contributed by atoms with Crippen LogP contribution < -0.4 is 125 Å². The number of nitrogens with one attached hydrogen (secondary N) is 20. The molecule has 0 aliphatic heterocycles. The van der Waals surface area contributed by atoms with Gasteiger partial charge in [0.05, 0.1) is 56.1 Å². The van der Waals surface area contributed by atoms with Crippen molar-refractivity contribution in [3.63, 3.8) is 0 Å². The molecule has 54 nitrogen and oxygen atoms in total. The van der Waals surface area contributed by atoms with Gasteiger partial charge in [-0.25, -0.2) is 9.78 Å². The number of nitrogens with two attached hydrogens (primary N) is 6. The van der Waals surface area contributed by atoms with Crippen LogP contribution in [0.1, 0.15) is 149 Å². The lowest BCUT2D eigenvalue weighted by molar-refractivity contribution is -0.143. The van der Waals surface area contributed by atoms with Crippen LogP contribution in [0.25, 0.3) is 0 Å². The summed E-state index contributed by atoms with van der Waals surface area (Å²) in [5, 5.41) is 128. The van der Waals surface area contributed by atoms with Crippen molar-refractivity contribution in [3.8, 4) is 5.75 Å². The zero-order valence-corrected chi connectivity index (χ0v) is 77.2. The van der Waals surface area contributed by atoms with Gasteiger partial charge in [-0.3, -0.25) is 102 Å². The number of imidazole rings is 1. The van der Waals surface area contributed by atoms with Crippen molar-refractivity contribution in [2.24, 2.45) is 46.2 Å². The molecule has 138 heavy (non-hydrogen) atoms. The van der Waals surface area contributed by atoms with E-state index < -0.39 is 303 Å². The molecule has 0 aliphatic rings. The van der Waals surface area contributed by atoms with Crippen molar-refractivity contribution in [1.29, 1.82) is 10.8 Å². The Kier molecular flexibility index (Phi) is 50.9. The third kappa shape index (κ3) is 43.7. The first-order valence-corrected chi connectivity index (χ1v) is 44.0. The predicted octanol–water partition coefficient (Wildman–Crippen LogP) is -11.0. The van der Waals surface area contributed by atoms with Gasteiger partial charge in [0.25, 0.3) is 0 Å². The summed E-state index contributed by atoms with van der Waals surface area (Å²) in [6.45, 7) is 8.28. The van der Waals surface area contributed by atoms with E-state index in [1.165, 1.54) is 50.6 Å². The Morgan fingerprint density at radius 2 is 0.775 bits per heavy atom. The number of aromatic hydroxyl groups is 1. The highest BCUT2D eigenvalue weighted by molar-refractivity contribution is 6.03. The smallest absolute Gasteiger partial charge is 0.326 e. The Labute approximate surface area is 792 Å². The number of aromatic amines is 1. The van der Waals surface area contributed by atoms with Crippen molar-refractivity contribution in [3.05, 3.63) is 83.9 Å². The maximum Gasteiger partial charge on any atom is 0.326 e. The van der Waals surface area contributed by atoms with Crippen molar-refractivity contribution in [1.82, 2.24) is 100 Å². The molecule has 0 bridgehead atoms. The van der Waals surface area contributed by atoms with E-state index in [4.69, 9.17) is 45.2 Å². The number of aliphatic hydroxyl groups is 3. The highest BCUT2D eigenvalue weighted by Crippen LogP contribution is 2.17. The second-order valence-electron chi connectivity index (χ2n) is 33.3. The fourth-order valence-corrected chi connectivity index (χ4v) is 13.3. The quantitative estimate of drug-likeness (QED) is 0.0142. The monoisotopic (exact) mass is 1950 g/mol. The number of H-pyrrole nitrogens is 1. The molecule has 764 valence electrons. The van der Waals surface area contributed by atoms with E-state index >= 15 is 0 Å². The van der Waals surface area contributed by atoms with E-state index in [0.29, 0.717) is 17.7 Å². The van der Waals surface area contributed by atoms with Crippen LogP contribution in [0.2, 0.25) is 0 Å². The number of aliphatic hydroxyl groups excluding tert-OH is 3. The number of amides is 17. The van der Waals surface area contributed by atoms with Crippen molar-refractivity contribution in [2.75, 3.05) is 26.2 Å². The number of carboxylic acids is 3. The van der Waals surface area contributed by atoms with Gasteiger partial charge in [-0.1, -0.05) is 70.2 Å². The fourth-order valence-electron chi connectivity index (χ4n) is 13.3. The van der Waals surface area contributed by atoms with Gasteiger partial charge >= 0.3 is 17.9 Å². The normalized spacial score (nSPS) is 15.0. The number of hydrogen-bond acceptors (Lipinski definition) is 29. The maximum atomic E-state index is 14.8. The summed E-state index contributed by atoms with van der Waals surface area (Å²) < 4.78 is 0. The number of hydrogen-bond donors (Lipinski definition) is 33. The standard InChI is InChI=1S/C84H131N27O27/c1-39(2)29-53(73(128)99-50(18-13-27-94-83(89)90)69(124)98-49(17-11-12-26-85)70(125)101-52(82(137)138)24-25-60(87)116)102-71(126)51(19-14-28-95-84(91)92)100-80(135)65(42(6)113)110-76(131)54(31-45-20-22-47(115)23-21-45)103-74(129)56(33-61(88)117)104-75(130)58(35-63(120)121)107-81(136)66(43(7)114)111-77(132)55(30-44-15-9-8-10-16-44)106-79(134)64(40(3)4)109-67(122)41(5)97-72(127)57(34-62(118)119)105-78(133)59(37-112)108-68(123)48(86)32-46-36-93-38-96-46/h8-10,15-16,20-23,36,38-43,48-59,64-66,112-115H,11-14,17-19,24-35,37,85-86H2,1-7H3,(H2,87,116)(H2,88,117)(H,93,96)(H,97,127)(H,98,124)(H,99,128)(H,100,135)(H,101,125)(H,102,126)(H,103,129)(H,104,130)(H,105,133)(H,106,134)(H,107,136)(H,108,123)(H,109,122)(H,110,131)(H,111,132)(H,118,119)(H,120,121)(H,137,138)(H4,89,90,94)(H4,91,92,95). The van der Waals surface area contributed by atoms with Gasteiger partial charge in [-0.05, 0) is 120 Å². The molecule has 0 fully saturated rings. The molecule has 1 aromatic heterocycles. The number of carbonyl (C=O) groups is 20. The molecule has 2 aromatic carbocycles. The number of aliphatic carboxylic acids is 3. The number of unbranched alkanes of at least 4 members (excludes halogenated alkanes) is 1. The van der Waals surface area contributed by atoms with Crippen LogP contribution in [0.5, 0.6) is 5.75 Å². The summed E-state index contributed by atoms with van der Waals surface area (Å²) in [5.41, 5.74) is 34.3. The summed E-state index contributed by atoms with van der Waals surface area (Å²) >= 11 is 0. The minimum atomic E-state index is -2.31. The lowest BCUT2D eigenvalue weighted by Gasteiger charge is -2.29. The van der Waals surface area contributed by atoms with Crippen LogP contribution in [0.3, 0.4) is 0 Å². The Hall–Kier alpha value is -14.8. The topological polar surface area (TPSA) is 920 Å². The highest BCUT2D eigenvalue weighted by atomic mass is 16.4. The number of phenols is 1. The summed E-state index contributed by atoms with van der Waals surface area (Å²) in [6, 6.07) is -16.1. The first-order chi connectivity index (χ1) is 64.8. The Balaban J connectivity index is 1.99. The second-order valence-corrected chi connectivity index (χ2v) is 33.3. The molecule has 0 aliphatic carbocycles. The number of phenolic OH excluding ortho intramolecular Hbond substituents is 1. The first-order valence-electron chi connectivity index (χ1n) is 44.0. The number of benzene rings is 2. The predicted molar refractivity (Wildman–Crippen MR) is 487 cm³/mol. The molecular formula is C84H131N27O27. The highest BCUT2D eigenvalue weighted by Gasteiger charge is 2.42. The van der Waals surface area contributed by atoms with Crippen LogP contribution in [-0.4, -0.2) is 311 Å². The molecule has 0 spiro atoms. The SMILES string of the molecule is CC(C)CC(NC(=O)C(CCCNC(=N)N)NC(=O)C(NC(=O)C(Cc1ccc(O)cc1)NC(=O)C(CC(N)=O)NC(=O)C(CC(=O)O)NC(=O)C(NC(=O)C(Cc1ccccc1)NC(=O)C(NC(=O)C(C)NC(=O)C(CC(=O)O)NC(=O)C(CO)NC(=O)C(N)Cc1c[nH]cn1)C(C)C)C(C)O)C(C)O)C(=O)NC(CCCNC(=N)N)C(=O)NC(CCCCN)C(=O)NC(CCC(N)=O)C(=O)O. The number of nitrogens with zero attached hydrogens (tertiary/aromatic N) is 1. The number of primary amides is 2. The summed E-state index contributed by atoms with van der Waals surface area (Å²) in [7, 11) is 0. The maximum absolute atomic E-state index is 14.8. The largest absolute Gasteiger partial charge is 0.508 e. The third-order valence-electron chi connectivity index (χ3n) is 20.7. The number of carbonyl (C=O) groups excluding carboxylic acids is 17. The van der Waals surface area contributed by atoms with Gasteiger partial charge in [0.1, 0.15) is 96.4 Å². The van der Waals surface area contributed by atoms with Gasteiger partial charge in [-0.2, -0.15) is 0 Å². The van der Waals surface area contributed by atoms with E-state index in [-0.39, 0.29) is 82.3 Å². The molecule has 0 saturated carbocycles. The van der Waals surface area contributed by atoms with Gasteiger partial charge in [0, 0.05) is 45.0 Å². The molecule has 39 N–H and O–H groups in total. The number of guanidine groups is 2. The Morgan fingerprint density at radius 1 is 0.399 bits per heavy atom. The summed E-state index contributed by atoms with van der Waals surface area (Å²) in [4.78, 5) is 281. The zero-order chi connectivity index (χ0) is 104. The van der Waals surface area contributed by atoms with Gasteiger partial charge in [0.2, 0.25) is 100 Å². The summed E-state index contributed by atoms with van der Waals surface area (Å²) in [5.74, 6) is -27.8. The first kappa shape index (κ1) is 117. The zero-order valence-electron chi connectivity index (χ0n) is 77.2. The molecule has 0 radical (unpaired) electrons. The van der Waals surface area contributed by atoms with Crippen LogP contribution in [0, 0.1) is 22.7 Å². The minimum Gasteiger partial charge on any atom is -0.508 e. The Bertz CT molecular complexity index is 4660. The third-order valence-corrected chi connectivity index (χ3v) is 20.7. The number of aromatic nitrogens is 2. The van der Waals surface area contributed by atoms with Crippen LogP contribution in [-0.2, 0) is 115 Å². The van der Waals surface area contributed by atoms with E-state index in [2.05, 4.69) is 100 Å².